The Bertz CT molecular complexity index is 1090. The van der Waals surface area contributed by atoms with E-state index in [1.807, 2.05) is 38.1 Å². The Morgan fingerprint density at radius 2 is 2.04 bits per heavy atom. The van der Waals surface area contributed by atoms with Gasteiger partial charge in [-0.2, -0.15) is 5.10 Å². The van der Waals surface area contributed by atoms with Gasteiger partial charge < -0.3 is 5.32 Å². The molecule has 3 aromatic rings. The van der Waals surface area contributed by atoms with Gasteiger partial charge in [0.2, 0.25) is 5.91 Å². The number of carbonyl (C=O) groups excluding carboxylic acids is 2. The van der Waals surface area contributed by atoms with E-state index in [0.29, 0.717) is 10.7 Å². The van der Waals surface area contributed by atoms with Gasteiger partial charge in [0, 0.05) is 16.9 Å². The Morgan fingerprint density at radius 3 is 2.75 bits per heavy atom. The number of ketones is 1. The van der Waals surface area contributed by atoms with Gasteiger partial charge in [0.25, 0.3) is 0 Å². The third kappa shape index (κ3) is 2.98. The Kier molecular flexibility index (Phi) is 4.67. The number of aryl methyl sites for hydroxylation is 3. The highest BCUT2D eigenvalue weighted by atomic mass is 32.1. The standard InChI is InChI=1S/C22H23N3O2S/c1-5-15-9-10-18(28-15)21(27)16-11-19(26)23-22-20(16)14(4)24-25(22)17-8-6-7-12(2)13(17)3/h6-10,16H,5,11H2,1-4H3,(H,23,26)/t16-/m1/s1. The summed E-state index contributed by atoms with van der Waals surface area (Å²) in [6.45, 7) is 8.07. The summed E-state index contributed by atoms with van der Waals surface area (Å²) in [5.74, 6) is -0.0203. The summed E-state index contributed by atoms with van der Waals surface area (Å²) >= 11 is 1.52. The molecule has 5 nitrogen and oxygen atoms in total. The van der Waals surface area contributed by atoms with Crippen LogP contribution in [0.1, 0.15) is 56.2 Å². The summed E-state index contributed by atoms with van der Waals surface area (Å²) in [7, 11) is 0. The molecule has 0 fully saturated rings. The molecule has 4 rings (SSSR count). The van der Waals surface area contributed by atoms with E-state index >= 15 is 0 Å². The number of hydrogen-bond donors (Lipinski definition) is 1. The molecule has 1 atom stereocenters. The quantitative estimate of drug-likeness (QED) is 0.652. The van der Waals surface area contributed by atoms with Crippen molar-refractivity contribution in [3.05, 3.63) is 62.5 Å². The van der Waals surface area contributed by atoms with Gasteiger partial charge in [-0.15, -0.1) is 11.3 Å². The van der Waals surface area contributed by atoms with Gasteiger partial charge >= 0.3 is 0 Å². The summed E-state index contributed by atoms with van der Waals surface area (Å²) in [6, 6.07) is 9.89. The largest absolute Gasteiger partial charge is 0.310 e. The number of nitrogens with one attached hydrogen (secondary N) is 1. The smallest absolute Gasteiger partial charge is 0.226 e. The maximum absolute atomic E-state index is 13.2. The van der Waals surface area contributed by atoms with Gasteiger partial charge in [-0.25, -0.2) is 4.68 Å². The zero-order chi connectivity index (χ0) is 20.0. The summed E-state index contributed by atoms with van der Waals surface area (Å²) in [5, 5.41) is 7.66. The molecular formula is C22H23N3O2S. The van der Waals surface area contributed by atoms with E-state index < -0.39 is 5.92 Å². The molecule has 0 radical (unpaired) electrons. The fraction of sp³-hybridized carbons (Fsp3) is 0.318. The highest BCUT2D eigenvalue weighted by Crippen LogP contribution is 2.39. The first kappa shape index (κ1) is 18.6. The van der Waals surface area contributed by atoms with E-state index in [0.717, 1.165) is 34.5 Å². The van der Waals surface area contributed by atoms with Crippen LogP contribution in [0.3, 0.4) is 0 Å². The predicted octanol–water partition coefficient (Wildman–Crippen LogP) is 4.73. The Balaban J connectivity index is 1.83. The molecule has 1 amide bonds. The third-order valence-electron chi connectivity index (χ3n) is 5.48. The second kappa shape index (κ2) is 7.02. The van der Waals surface area contributed by atoms with Crippen LogP contribution in [0.5, 0.6) is 0 Å². The van der Waals surface area contributed by atoms with Crippen molar-refractivity contribution in [2.45, 2.75) is 46.5 Å². The van der Waals surface area contributed by atoms with Crippen LogP contribution in [0, 0.1) is 20.8 Å². The molecule has 1 aromatic carbocycles. The molecule has 1 aliphatic heterocycles. The maximum Gasteiger partial charge on any atom is 0.226 e. The lowest BCUT2D eigenvalue weighted by molar-refractivity contribution is -0.116. The predicted molar refractivity (Wildman–Crippen MR) is 112 cm³/mol. The lowest BCUT2D eigenvalue weighted by atomic mass is 9.87. The van der Waals surface area contributed by atoms with E-state index in [1.165, 1.54) is 16.2 Å². The lowest BCUT2D eigenvalue weighted by Crippen LogP contribution is -2.28. The Labute approximate surface area is 168 Å². The second-order valence-electron chi connectivity index (χ2n) is 7.27. The van der Waals surface area contributed by atoms with E-state index in [1.54, 1.807) is 4.68 Å². The molecule has 1 aliphatic rings. The molecule has 2 aromatic heterocycles. The van der Waals surface area contributed by atoms with Crippen molar-refractivity contribution in [2.24, 2.45) is 0 Å². The minimum atomic E-state index is -0.494. The number of anilines is 1. The second-order valence-corrected chi connectivity index (χ2v) is 8.44. The van der Waals surface area contributed by atoms with Crippen LogP contribution >= 0.6 is 11.3 Å². The van der Waals surface area contributed by atoms with Gasteiger partial charge in [-0.1, -0.05) is 19.1 Å². The number of Topliss-reactive ketones (excluding diaryl/α,β-unsaturated/α-hetero) is 1. The SMILES string of the molecule is CCc1ccc(C(=O)[C@@H]2CC(=O)Nc3c2c(C)nn3-c2cccc(C)c2C)s1. The first-order valence-corrected chi connectivity index (χ1v) is 10.3. The first-order valence-electron chi connectivity index (χ1n) is 9.49. The number of benzene rings is 1. The van der Waals surface area contributed by atoms with Crippen LogP contribution < -0.4 is 5.32 Å². The van der Waals surface area contributed by atoms with Crippen molar-refractivity contribution in [1.82, 2.24) is 9.78 Å². The molecule has 3 heterocycles. The van der Waals surface area contributed by atoms with Crippen molar-refractivity contribution >= 4 is 28.8 Å². The molecule has 28 heavy (non-hydrogen) atoms. The van der Waals surface area contributed by atoms with Crippen molar-refractivity contribution in [1.29, 1.82) is 0 Å². The van der Waals surface area contributed by atoms with E-state index in [4.69, 9.17) is 5.10 Å². The molecular weight excluding hydrogens is 370 g/mol. The van der Waals surface area contributed by atoms with Crippen molar-refractivity contribution in [3.63, 3.8) is 0 Å². The minimum absolute atomic E-state index is 0.00409. The minimum Gasteiger partial charge on any atom is -0.310 e. The van der Waals surface area contributed by atoms with E-state index in [9.17, 15) is 9.59 Å². The van der Waals surface area contributed by atoms with Gasteiger partial charge in [-0.3, -0.25) is 9.59 Å². The number of nitrogens with zero attached hydrogens (tertiary/aromatic N) is 2. The fourth-order valence-corrected chi connectivity index (χ4v) is 4.72. The normalized spacial score (nSPS) is 16.0. The van der Waals surface area contributed by atoms with Crippen molar-refractivity contribution < 1.29 is 9.59 Å². The lowest BCUT2D eigenvalue weighted by Gasteiger charge is -2.23. The molecule has 0 saturated carbocycles. The fourth-order valence-electron chi connectivity index (χ4n) is 3.78. The number of carbonyl (C=O) groups is 2. The third-order valence-corrected chi connectivity index (χ3v) is 6.72. The molecule has 1 N–H and O–H groups in total. The summed E-state index contributed by atoms with van der Waals surface area (Å²) in [6.07, 6.45) is 1.06. The highest BCUT2D eigenvalue weighted by molar-refractivity contribution is 7.14. The van der Waals surface area contributed by atoms with Gasteiger partial charge in [0.15, 0.2) is 5.78 Å². The average molecular weight is 394 g/mol. The Morgan fingerprint density at radius 1 is 1.25 bits per heavy atom. The zero-order valence-corrected chi connectivity index (χ0v) is 17.3. The topological polar surface area (TPSA) is 64.0 Å². The number of fused-ring (bicyclic) bond motifs is 1. The zero-order valence-electron chi connectivity index (χ0n) is 16.5. The number of thiophene rings is 1. The molecule has 6 heteroatoms. The van der Waals surface area contributed by atoms with Crippen LogP contribution in [0.4, 0.5) is 5.82 Å². The highest BCUT2D eigenvalue weighted by Gasteiger charge is 2.37. The number of amides is 1. The number of rotatable bonds is 4. The van der Waals surface area contributed by atoms with E-state index in [2.05, 4.69) is 25.2 Å². The van der Waals surface area contributed by atoms with Gasteiger partial charge in [-0.05, 0) is 56.5 Å². The van der Waals surface area contributed by atoms with Gasteiger partial charge in [0.05, 0.1) is 22.2 Å². The maximum atomic E-state index is 13.2. The summed E-state index contributed by atoms with van der Waals surface area (Å²) in [5.41, 5.74) is 4.78. The van der Waals surface area contributed by atoms with Crippen LogP contribution in [-0.2, 0) is 11.2 Å². The molecule has 0 aliphatic carbocycles. The molecule has 0 spiro atoms. The molecule has 0 saturated heterocycles. The summed E-state index contributed by atoms with van der Waals surface area (Å²) < 4.78 is 1.77. The molecule has 144 valence electrons. The first-order chi connectivity index (χ1) is 13.4. The van der Waals surface area contributed by atoms with Crippen molar-refractivity contribution in [3.8, 4) is 5.69 Å². The Hall–Kier alpha value is -2.73. The molecule has 0 bridgehead atoms. The monoisotopic (exact) mass is 393 g/mol. The average Bonchev–Trinajstić information content (AvgIpc) is 3.28. The van der Waals surface area contributed by atoms with E-state index in [-0.39, 0.29) is 18.1 Å². The number of aromatic nitrogens is 2. The molecule has 0 unspecified atom stereocenters. The van der Waals surface area contributed by atoms with Crippen LogP contribution in [-0.4, -0.2) is 21.5 Å². The van der Waals surface area contributed by atoms with Crippen LogP contribution in [0.25, 0.3) is 5.69 Å². The summed E-state index contributed by atoms with van der Waals surface area (Å²) in [4.78, 5) is 27.6. The van der Waals surface area contributed by atoms with Crippen molar-refractivity contribution in [2.75, 3.05) is 5.32 Å². The van der Waals surface area contributed by atoms with Gasteiger partial charge in [0.1, 0.15) is 5.82 Å². The number of hydrogen-bond acceptors (Lipinski definition) is 4. The van der Waals surface area contributed by atoms with Crippen LogP contribution in [0.2, 0.25) is 0 Å². The van der Waals surface area contributed by atoms with Crippen LogP contribution in [0.15, 0.2) is 30.3 Å².